The van der Waals surface area contributed by atoms with Gasteiger partial charge in [-0.25, -0.2) is 0 Å². The van der Waals surface area contributed by atoms with Gasteiger partial charge in [-0.05, 0) is 50.2 Å². The quantitative estimate of drug-likeness (QED) is 0.662. The Morgan fingerprint density at radius 1 is 1.12 bits per heavy atom. The second-order valence-electron chi connectivity index (χ2n) is 5.98. The predicted octanol–water partition coefficient (Wildman–Crippen LogP) is 4.89. The van der Waals surface area contributed by atoms with Crippen LogP contribution in [0.15, 0.2) is 52.9 Å². The van der Waals surface area contributed by atoms with Crippen LogP contribution in [0.1, 0.15) is 30.0 Å². The number of hydrogen-bond donors (Lipinski definition) is 0. The van der Waals surface area contributed by atoms with Crippen LogP contribution in [-0.2, 0) is 6.54 Å². The highest BCUT2D eigenvalue weighted by atomic mass is 35.5. The number of rotatable bonds is 5. The molecule has 0 N–H and O–H groups in total. The summed E-state index contributed by atoms with van der Waals surface area (Å²) in [4.78, 5) is 2.14. The first-order chi connectivity index (χ1) is 11.5. The number of nitrogens with zero attached hydrogens (tertiary/aromatic N) is 3. The van der Waals surface area contributed by atoms with Crippen LogP contribution in [0, 0.1) is 6.92 Å². The van der Waals surface area contributed by atoms with E-state index in [9.17, 15) is 0 Å². The summed E-state index contributed by atoms with van der Waals surface area (Å²) in [6, 6.07) is 16.0. The molecular weight excluding hydrogens is 322 g/mol. The average Bonchev–Trinajstić information content (AvgIpc) is 3.03. The Labute approximate surface area is 147 Å². The summed E-state index contributed by atoms with van der Waals surface area (Å²) in [6.45, 7) is 4.71. The van der Waals surface area contributed by atoms with Crippen molar-refractivity contribution in [3.05, 3.63) is 70.6 Å². The summed E-state index contributed by atoms with van der Waals surface area (Å²) in [6.07, 6.45) is 0. The Kier molecular flexibility index (Phi) is 4.97. The zero-order valence-corrected chi connectivity index (χ0v) is 14.8. The number of benzene rings is 2. The van der Waals surface area contributed by atoms with Crippen LogP contribution < -0.4 is 0 Å². The van der Waals surface area contributed by atoms with Crippen molar-refractivity contribution in [2.45, 2.75) is 26.4 Å². The topological polar surface area (TPSA) is 42.2 Å². The third kappa shape index (κ3) is 3.66. The molecule has 0 saturated heterocycles. The van der Waals surface area contributed by atoms with E-state index in [4.69, 9.17) is 16.0 Å². The molecule has 1 unspecified atom stereocenters. The Balaban J connectivity index is 1.73. The normalized spacial score (nSPS) is 12.5. The summed E-state index contributed by atoms with van der Waals surface area (Å²) in [5.41, 5.74) is 3.17. The van der Waals surface area contributed by atoms with Crippen LogP contribution in [0.4, 0.5) is 0 Å². The van der Waals surface area contributed by atoms with E-state index in [0.29, 0.717) is 18.3 Å². The molecule has 0 spiro atoms. The summed E-state index contributed by atoms with van der Waals surface area (Å²) in [5, 5.41) is 9.07. The van der Waals surface area contributed by atoms with Gasteiger partial charge in [0.15, 0.2) is 0 Å². The standard InChI is InChI=1S/C19H20ClN3O/c1-13-9-10-16(17(20)11-13)14(2)23(3)12-18-21-22-19(24-18)15-7-5-4-6-8-15/h4-11,14H,12H2,1-3H3. The van der Waals surface area contributed by atoms with Gasteiger partial charge in [0, 0.05) is 16.6 Å². The number of halogens is 1. The lowest BCUT2D eigenvalue weighted by Crippen LogP contribution is -2.22. The molecule has 1 aromatic heterocycles. The predicted molar refractivity (Wildman–Crippen MR) is 95.8 cm³/mol. The molecule has 1 atom stereocenters. The fourth-order valence-electron chi connectivity index (χ4n) is 2.57. The molecule has 3 rings (SSSR count). The van der Waals surface area contributed by atoms with Gasteiger partial charge >= 0.3 is 0 Å². The van der Waals surface area contributed by atoms with Gasteiger partial charge in [-0.15, -0.1) is 10.2 Å². The highest BCUT2D eigenvalue weighted by molar-refractivity contribution is 6.31. The Bertz CT molecular complexity index is 816. The Morgan fingerprint density at radius 3 is 2.58 bits per heavy atom. The molecule has 5 heteroatoms. The SMILES string of the molecule is Cc1ccc(C(C)N(C)Cc2nnc(-c3ccccc3)o2)c(Cl)c1. The van der Waals surface area contributed by atoms with Gasteiger partial charge in [-0.3, -0.25) is 4.90 Å². The van der Waals surface area contributed by atoms with Gasteiger partial charge in [0.25, 0.3) is 0 Å². The molecule has 124 valence electrons. The van der Waals surface area contributed by atoms with E-state index >= 15 is 0 Å². The lowest BCUT2D eigenvalue weighted by molar-refractivity contribution is 0.228. The molecular formula is C19H20ClN3O. The lowest BCUT2D eigenvalue weighted by atomic mass is 10.1. The molecule has 1 heterocycles. The first-order valence-electron chi connectivity index (χ1n) is 7.88. The second kappa shape index (κ2) is 7.16. The van der Waals surface area contributed by atoms with Crippen molar-refractivity contribution in [1.82, 2.24) is 15.1 Å². The van der Waals surface area contributed by atoms with Crippen molar-refractivity contribution in [2.24, 2.45) is 0 Å². The Morgan fingerprint density at radius 2 is 1.88 bits per heavy atom. The molecule has 0 amide bonds. The van der Waals surface area contributed by atoms with Crippen LogP contribution in [0.3, 0.4) is 0 Å². The van der Waals surface area contributed by atoms with E-state index in [1.165, 1.54) is 0 Å². The number of aromatic nitrogens is 2. The molecule has 0 fully saturated rings. The maximum Gasteiger partial charge on any atom is 0.247 e. The maximum absolute atomic E-state index is 6.38. The smallest absolute Gasteiger partial charge is 0.247 e. The summed E-state index contributed by atoms with van der Waals surface area (Å²) in [5.74, 6) is 1.13. The van der Waals surface area contributed by atoms with Gasteiger partial charge < -0.3 is 4.42 Å². The number of aryl methyl sites for hydroxylation is 1. The number of hydrogen-bond acceptors (Lipinski definition) is 4. The monoisotopic (exact) mass is 341 g/mol. The van der Waals surface area contributed by atoms with Crippen LogP contribution in [0.2, 0.25) is 5.02 Å². The fourth-order valence-corrected chi connectivity index (χ4v) is 2.97. The van der Waals surface area contributed by atoms with Crippen LogP contribution in [0.25, 0.3) is 11.5 Å². The molecule has 0 aliphatic carbocycles. The zero-order chi connectivity index (χ0) is 17.1. The van der Waals surface area contributed by atoms with Crippen LogP contribution in [0.5, 0.6) is 0 Å². The third-order valence-corrected chi connectivity index (χ3v) is 4.47. The summed E-state index contributed by atoms with van der Waals surface area (Å²) >= 11 is 6.38. The molecule has 0 aliphatic rings. The average molecular weight is 342 g/mol. The minimum atomic E-state index is 0.144. The molecule has 0 bridgehead atoms. The second-order valence-corrected chi connectivity index (χ2v) is 6.39. The fraction of sp³-hybridized carbons (Fsp3) is 0.263. The first-order valence-corrected chi connectivity index (χ1v) is 8.26. The van der Waals surface area contributed by atoms with Gasteiger partial charge in [0.1, 0.15) is 0 Å². The zero-order valence-electron chi connectivity index (χ0n) is 14.0. The van der Waals surface area contributed by atoms with E-state index in [-0.39, 0.29) is 6.04 Å². The van der Waals surface area contributed by atoms with E-state index in [1.807, 2.05) is 50.4 Å². The van der Waals surface area contributed by atoms with Gasteiger partial charge in [0.2, 0.25) is 11.8 Å². The van der Waals surface area contributed by atoms with Crippen LogP contribution in [-0.4, -0.2) is 22.1 Å². The highest BCUT2D eigenvalue weighted by Crippen LogP contribution is 2.28. The third-order valence-electron chi connectivity index (χ3n) is 4.14. The molecule has 2 aromatic carbocycles. The van der Waals surface area contributed by atoms with Crippen molar-refractivity contribution < 1.29 is 4.42 Å². The lowest BCUT2D eigenvalue weighted by Gasteiger charge is -2.24. The van der Waals surface area contributed by atoms with Crippen LogP contribution >= 0.6 is 11.6 Å². The summed E-state index contributed by atoms with van der Waals surface area (Å²) in [7, 11) is 2.02. The molecule has 0 saturated carbocycles. The highest BCUT2D eigenvalue weighted by Gasteiger charge is 2.18. The minimum absolute atomic E-state index is 0.144. The molecule has 0 aliphatic heterocycles. The van der Waals surface area contributed by atoms with E-state index in [1.54, 1.807) is 0 Å². The molecule has 4 nitrogen and oxygen atoms in total. The van der Waals surface area contributed by atoms with E-state index < -0.39 is 0 Å². The molecule has 0 radical (unpaired) electrons. The maximum atomic E-state index is 6.38. The van der Waals surface area contributed by atoms with Crippen molar-refractivity contribution >= 4 is 11.6 Å². The van der Waals surface area contributed by atoms with E-state index in [0.717, 1.165) is 21.7 Å². The van der Waals surface area contributed by atoms with Gasteiger partial charge in [-0.1, -0.05) is 41.9 Å². The van der Waals surface area contributed by atoms with Crippen molar-refractivity contribution in [3.63, 3.8) is 0 Å². The van der Waals surface area contributed by atoms with Gasteiger partial charge in [-0.2, -0.15) is 0 Å². The van der Waals surface area contributed by atoms with Crippen molar-refractivity contribution in [1.29, 1.82) is 0 Å². The van der Waals surface area contributed by atoms with Crippen molar-refractivity contribution in [2.75, 3.05) is 7.05 Å². The van der Waals surface area contributed by atoms with E-state index in [2.05, 4.69) is 34.2 Å². The van der Waals surface area contributed by atoms with Crippen molar-refractivity contribution in [3.8, 4) is 11.5 Å². The summed E-state index contributed by atoms with van der Waals surface area (Å²) < 4.78 is 5.78. The molecule has 24 heavy (non-hydrogen) atoms. The Hall–Kier alpha value is -2.17. The largest absolute Gasteiger partial charge is 0.419 e. The van der Waals surface area contributed by atoms with Gasteiger partial charge in [0.05, 0.1) is 6.54 Å². The molecule has 3 aromatic rings. The minimum Gasteiger partial charge on any atom is -0.419 e. The first kappa shape index (κ1) is 16.7.